The van der Waals surface area contributed by atoms with Crippen molar-refractivity contribution in [2.75, 3.05) is 53.2 Å². The number of esters is 1. The fraction of sp³-hybridized carbons (Fsp3) is 0.591. The molecule has 0 spiro atoms. The van der Waals surface area contributed by atoms with E-state index in [0.717, 1.165) is 0 Å². The number of likely N-dealkylation sites (N-methyl/N-ethyl adjacent to an activating group) is 1. The van der Waals surface area contributed by atoms with E-state index in [2.05, 4.69) is 0 Å². The third kappa shape index (κ3) is 12.1. The number of hydrogen-bond acceptors (Lipinski definition) is 7. The lowest BCUT2D eigenvalue weighted by molar-refractivity contribution is -0.156. The molecule has 2 N–H and O–H groups in total. The van der Waals surface area contributed by atoms with Gasteiger partial charge in [0, 0.05) is 24.7 Å². The topological polar surface area (TPSA) is 117 Å². The molecule has 0 heterocycles. The number of primary amides is 1. The van der Waals surface area contributed by atoms with E-state index in [1.807, 2.05) is 20.8 Å². The van der Waals surface area contributed by atoms with Crippen LogP contribution in [0.5, 0.6) is 0 Å². The van der Waals surface area contributed by atoms with Crippen LogP contribution in [0.1, 0.15) is 47.9 Å². The fourth-order valence-corrected chi connectivity index (χ4v) is 2.42. The highest BCUT2D eigenvalue weighted by atomic mass is 16.6. The van der Waals surface area contributed by atoms with Gasteiger partial charge in [0.15, 0.2) is 0 Å². The van der Waals surface area contributed by atoms with Gasteiger partial charge in [-0.2, -0.15) is 0 Å². The summed E-state index contributed by atoms with van der Waals surface area (Å²) in [6.07, 6.45) is 0.208. The summed E-state index contributed by atoms with van der Waals surface area (Å²) in [7, 11) is 1.66. The van der Waals surface area contributed by atoms with Crippen molar-refractivity contribution < 1.29 is 33.3 Å². The summed E-state index contributed by atoms with van der Waals surface area (Å²) in [5.74, 6) is -1.08. The van der Waals surface area contributed by atoms with E-state index >= 15 is 0 Å². The van der Waals surface area contributed by atoms with Crippen molar-refractivity contribution in [2.45, 2.75) is 32.8 Å². The number of rotatable bonds is 14. The Kier molecular flexibility index (Phi) is 11.8. The van der Waals surface area contributed by atoms with Crippen molar-refractivity contribution >= 4 is 17.8 Å². The molecule has 1 rings (SSSR count). The van der Waals surface area contributed by atoms with Gasteiger partial charge in [-0.05, 0) is 39.0 Å². The number of benzene rings is 1. The first kappa shape index (κ1) is 26.5. The maximum atomic E-state index is 12.4. The average molecular weight is 439 g/mol. The minimum atomic E-state index is -0.575. The molecule has 0 saturated carbocycles. The van der Waals surface area contributed by atoms with Crippen LogP contribution in [0, 0.1) is 0 Å². The second-order valence-electron chi connectivity index (χ2n) is 7.85. The zero-order valence-corrected chi connectivity index (χ0v) is 18.8. The molecule has 0 atom stereocenters. The second-order valence-corrected chi connectivity index (χ2v) is 7.85. The molecule has 9 heteroatoms. The molecule has 1 aromatic carbocycles. The maximum absolute atomic E-state index is 12.4. The first-order valence-electron chi connectivity index (χ1n) is 10.2. The van der Waals surface area contributed by atoms with Crippen LogP contribution in [0.2, 0.25) is 0 Å². The first-order chi connectivity index (χ1) is 14.6. The zero-order chi connectivity index (χ0) is 23.3. The number of nitrogens with zero attached hydrogens (tertiary/aromatic N) is 1. The Morgan fingerprint density at radius 3 is 2.03 bits per heavy atom. The predicted octanol–water partition coefficient (Wildman–Crippen LogP) is 1.64. The third-order valence-corrected chi connectivity index (χ3v) is 3.93. The van der Waals surface area contributed by atoms with Crippen LogP contribution >= 0.6 is 0 Å². The first-order valence-corrected chi connectivity index (χ1v) is 10.2. The standard InChI is InChI=1S/C22H34N2O7/c1-22(2,3)31-19(25)8-10-28-12-14-30-15-13-29-11-9-24(4)21(27)18-7-5-6-17(16-18)20(23)26/h5-7,16H,8-15H2,1-4H3,(H2,23,26). The highest BCUT2D eigenvalue weighted by Gasteiger charge is 2.15. The largest absolute Gasteiger partial charge is 0.460 e. The summed E-state index contributed by atoms with van der Waals surface area (Å²) < 4.78 is 21.4. The number of carbonyl (C=O) groups excluding carboxylic acids is 3. The second kappa shape index (κ2) is 13.7. The van der Waals surface area contributed by atoms with Crippen LogP contribution < -0.4 is 5.73 Å². The molecule has 0 aliphatic rings. The van der Waals surface area contributed by atoms with Gasteiger partial charge in [0.05, 0.1) is 46.1 Å². The van der Waals surface area contributed by atoms with Crippen LogP contribution in [0.4, 0.5) is 0 Å². The molecule has 0 aliphatic carbocycles. The molecule has 0 saturated heterocycles. The normalized spacial score (nSPS) is 11.2. The number of ether oxygens (including phenoxy) is 4. The van der Waals surface area contributed by atoms with Gasteiger partial charge >= 0.3 is 5.97 Å². The molecule has 1 aromatic rings. The van der Waals surface area contributed by atoms with Crippen LogP contribution in [-0.4, -0.2) is 81.5 Å². The number of amides is 2. The highest BCUT2D eigenvalue weighted by Crippen LogP contribution is 2.08. The number of hydrogen-bond donors (Lipinski definition) is 1. The third-order valence-electron chi connectivity index (χ3n) is 3.93. The molecule has 9 nitrogen and oxygen atoms in total. The summed E-state index contributed by atoms with van der Waals surface area (Å²) in [5, 5.41) is 0. The average Bonchev–Trinajstić information content (AvgIpc) is 2.70. The minimum absolute atomic E-state index is 0.208. The van der Waals surface area contributed by atoms with Crippen molar-refractivity contribution in [2.24, 2.45) is 5.73 Å². The van der Waals surface area contributed by atoms with Crippen molar-refractivity contribution in [1.29, 1.82) is 0 Å². The molecular weight excluding hydrogens is 404 g/mol. The van der Waals surface area contributed by atoms with Crippen molar-refractivity contribution in [1.82, 2.24) is 4.90 Å². The summed E-state index contributed by atoms with van der Waals surface area (Å²) in [6.45, 7) is 8.06. The van der Waals surface area contributed by atoms with Crippen LogP contribution in [0.25, 0.3) is 0 Å². The van der Waals surface area contributed by atoms with E-state index < -0.39 is 11.5 Å². The van der Waals surface area contributed by atoms with Gasteiger partial charge in [-0.25, -0.2) is 0 Å². The van der Waals surface area contributed by atoms with E-state index in [4.69, 9.17) is 24.7 Å². The van der Waals surface area contributed by atoms with E-state index in [1.54, 1.807) is 25.2 Å². The Balaban J connectivity index is 2.05. The van der Waals surface area contributed by atoms with Crippen molar-refractivity contribution in [3.8, 4) is 0 Å². The van der Waals surface area contributed by atoms with Gasteiger partial charge in [0.2, 0.25) is 5.91 Å². The van der Waals surface area contributed by atoms with Crippen molar-refractivity contribution in [3.05, 3.63) is 35.4 Å². The van der Waals surface area contributed by atoms with E-state index in [0.29, 0.717) is 50.7 Å². The van der Waals surface area contributed by atoms with E-state index in [-0.39, 0.29) is 24.9 Å². The van der Waals surface area contributed by atoms with E-state index in [9.17, 15) is 14.4 Å². The fourth-order valence-electron chi connectivity index (χ4n) is 2.42. The Bertz CT molecular complexity index is 716. The quantitative estimate of drug-likeness (QED) is 0.347. The highest BCUT2D eigenvalue weighted by molar-refractivity contribution is 5.98. The Morgan fingerprint density at radius 1 is 0.903 bits per heavy atom. The van der Waals surface area contributed by atoms with Gasteiger partial charge in [0.1, 0.15) is 5.60 Å². The summed E-state index contributed by atoms with van der Waals surface area (Å²) in [5.41, 5.74) is 5.44. The maximum Gasteiger partial charge on any atom is 0.308 e. The lowest BCUT2D eigenvalue weighted by Gasteiger charge is -2.19. The summed E-state index contributed by atoms with van der Waals surface area (Å²) in [4.78, 5) is 36.6. The SMILES string of the molecule is CN(CCOCCOCCOCCC(=O)OC(C)(C)C)C(=O)c1cccc(C(N)=O)c1. The molecule has 0 bridgehead atoms. The van der Waals surface area contributed by atoms with Crippen LogP contribution in [-0.2, 0) is 23.7 Å². The molecule has 0 fully saturated rings. The lowest BCUT2D eigenvalue weighted by Crippen LogP contribution is -2.30. The van der Waals surface area contributed by atoms with Gasteiger partial charge in [-0.3, -0.25) is 14.4 Å². The number of nitrogens with two attached hydrogens (primary N) is 1. The van der Waals surface area contributed by atoms with E-state index in [1.165, 1.54) is 11.0 Å². The van der Waals surface area contributed by atoms with Gasteiger partial charge < -0.3 is 29.6 Å². The lowest BCUT2D eigenvalue weighted by atomic mass is 10.1. The van der Waals surface area contributed by atoms with Gasteiger partial charge in [-0.15, -0.1) is 0 Å². The molecular formula is C22H34N2O7. The zero-order valence-electron chi connectivity index (χ0n) is 18.8. The Hall–Kier alpha value is -2.49. The molecule has 0 aliphatic heterocycles. The smallest absolute Gasteiger partial charge is 0.308 e. The summed E-state index contributed by atoms with van der Waals surface area (Å²) in [6, 6.07) is 6.30. The number of carbonyl (C=O) groups is 3. The minimum Gasteiger partial charge on any atom is -0.460 e. The van der Waals surface area contributed by atoms with Gasteiger partial charge in [-0.1, -0.05) is 6.07 Å². The van der Waals surface area contributed by atoms with Crippen molar-refractivity contribution in [3.63, 3.8) is 0 Å². The Morgan fingerprint density at radius 2 is 1.45 bits per heavy atom. The molecule has 2 amide bonds. The Labute approximate surface area is 183 Å². The van der Waals surface area contributed by atoms with Crippen LogP contribution in [0.15, 0.2) is 24.3 Å². The van der Waals surface area contributed by atoms with Crippen LogP contribution in [0.3, 0.4) is 0 Å². The summed E-state index contributed by atoms with van der Waals surface area (Å²) >= 11 is 0. The molecule has 0 aromatic heterocycles. The molecule has 0 unspecified atom stereocenters. The molecule has 31 heavy (non-hydrogen) atoms. The molecule has 0 radical (unpaired) electrons. The van der Waals surface area contributed by atoms with Gasteiger partial charge in [0.25, 0.3) is 5.91 Å². The molecule has 174 valence electrons. The predicted molar refractivity (Wildman–Crippen MR) is 115 cm³/mol. The monoisotopic (exact) mass is 438 g/mol.